The number of nitrogens with zero attached hydrogens (tertiary/aromatic N) is 3. The molecule has 6 nitrogen and oxygen atoms in total. The van der Waals surface area contributed by atoms with E-state index in [1.54, 1.807) is 11.9 Å². The fraction of sp³-hybridized carbons (Fsp3) is 0.545. The molecule has 0 unspecified atom stereocenters. The summed E-state index contributed by atoms with van der Waals surface area (Å²) < 4.78 is 2.22. The summed E-state index contributed by atoms with van der Waals surface area (Å²) in [7, 11) is 1.54. The van der Waals surface area contributed by atoms with Gasteiger partial charge in [0.05, 0.1) is 0 Å². The molecule has 0 bridgehead atoms. The van der Waals surface area contributed by atoms with Gasteiger partial charge in [-0.1, -0.05) is 0 Å². The fourth-order valence-corrected chi connectivity index (χ4v) is 1.57. The van der Waals surface area contributed by atoms with Crippen molar-refractivity contribution in [3.8, 4) is 0 Å². The molecule has 0 aliphatic rings. The topological polar surface area (TPSA) is 64.3 Å². The second kappa shape index (κ2) is 5.47. The smallest absolute Gasteiger partial charge is 0.331 e. The van der Waals surface area contributed by atoms with E-state index in [1.165, 1.54) is 16.8 Å². The van der Waals surface area contributed by atoms with Gasteiger partial charge in [-0.05, 0) is 13.8 Å². The molecule has 0 aliphatic heterocycles. The van der Waals surface area contributed by atoms with Gasteiger partial charge in [-0.25, -0.2) is 4.79 Å². The number of aromatic nitrogens is 2. The molecule has 0 saturated heterocycles. The zero-order valence-electron chi connectivity index (χ0n) is 10.3. The first kappa shape index (κ1) is 13.2. The molecule has 17 heavy (non-hydrogen) atoms. The van der Waals surface area contributed by atoms with E-state index < -0.39 is 11.2 Å². The van der Waals surface area contributed by atoms with Crippen LogP contribution in [0.1, 0.15) is 13.8 Å². The molecule has 0 aromatic carbocycles. The van der Waals surface area contributed by atoms with Gasteiger partial charge in [0.15, 0.2) is 0 Å². The van der Waals surface area contributed by atoms with Crippen molar-refractivity contribution in [2.75, 3.05) is 13.1 Å². The molecule has 6 heteroatoms. The Morgan fingerprint density at radius 1 is 1.29 bits per heavy atom. The molecule has 0 radical (unpaired) electrons. The minimum Gasteiger partial charge on any atom is -0.342 e. The van der Waals surface area contributed by atoms with E-state index in [0.717, 1.165) is 4.57 Å². The van der Waals surface area contributed by atoms with Crippen LogP contribution in [0.2, 0.25) is 0 Å². The van der Waals surface area contributed by atoms with E-state index in [9.17, 15) is 14.4 Å². The number of rotatable bonds is 4. The molecular weight excluding hydrogens is 222 g/mol. The lowest BCUT2D eigenvalue weighted by Gasteiger charge is -2.18. The predicted molar refractivity (Wildman–Crippen MR) is 63.9 cm³/mol. The van der Waals surface area contributed by atoms with Gasteiger partial charge in [0.1, 0.15) is 6.54 Å². The fourth-order valence-electron chi connectivity index (χ4n) is 1.57. The standard InChI is InChI=1S/C11H17N3O3/c1-4-13(5-2)10(16)8-14-9(15)6-7-12(3)11(14)17/h6-7H,4-5,8H2,1-3H3. The van der Waals surface area contributed by atoms with Crippen LogP contribution < -0.4 is 11.2 Å². The summed E-state index contributed by atoms with van der Waals surface area (Å²) in [4.78, 5) is 36.6. The number of carbonyl (C=O) groups is 1. The SMILES string of the molecule is CCN(CC)C(=O)Cn1c(=O)ccn(C)c1=O. The van der Waals surface area contributed by atoms with Crippen LogP contribution in [-0.2, 0) is 18.4 Å². The zero-order chi connectivity index (χ0) is 13.0. The second-order valence-corrected chi connectivity index (χ2v) is 3.70. The van der Waals surface area contributed by atoms with Gasteiger partial charge in [0.25, 0.3) is 5.56 Å². The Morgan fingerprint density at radius 2 is 1.88 bits per heavy atom. The molecule has 1 rings (SSSR count). The highest BCUT2D eigenvalue weighted by molar-refractivity contribution is 5.75. The van der Waals surface area contributed by atoms with Crippen LogP contribution >= 0.6 is 0 Å². The summed E-state index contributed by atoms with van der Waals surface area (Å²) in [6, 6.07) is 1.27. The van der Waals surface area contributed by atoms with E-state index in [4.69, 9.17) is 0 Å². The lowest BCUT2D eigenvalue weighted by molar-refractivity contribution is -0.131. The number of aryl methyl sites for hydroxylation is 1. The largest absolute Gasteiger partial charge is 0.342 e. The Balaban J connectivity index is 3.04. The van der Waals surface area contributed by atoms with Crippen molar-refractivity contribution in [3.63, 3.8) is 0 Å². The third-order valence-corrected chi connectivity index (χ3v) is 2.65. The highest BCUT2D eigenvalue weighted by Crippen LogP contribution is 1.90. The third kappa shape index (κ3) is 2.83. The van der Waals surface area contributed by atoms with Crippen LogP contribution in [0.3, 0.4) is 0 Å². The zero-order valence-corrected chi connectivity index (χ0v) is 10.3. The molecule has 0 N–H and O–H groups in total. The summed E-state index contributed by atoms with van der Waals surface area (Å²) >= 11 is 0. The monoisotopic (exact) mass is 239 g/mol. The second-order valence-electron chi connectivity index (χ2n) is 3.70. The molecule has 1 heterocycles. The average Bonchev–Trinajstić information content (AvgIpc) is 2.31. The lowest BCUT2D eigenvalue weighted by atomic mass is 10.4. The molecule has 0 spiro atoms. The van der Waals surface area contributed by atoms with Crippen LogP contribution in [0.25, 0.3) is 0 Å². The molecule has 1 amide bonds. The molecule has 94 valence electrons. The van der Waals surface area contributed by atoms with Gasteiger partial charge >= 0.3 is 5.69 Å². The summed E-state index contributed by atoms with van der Waals surface area (Å²) in [6.45, 7) is 4.64. The first-order valence-electron chi connectivity index (χ1n) is 5.55. The minimum absolute atomic E-state index is 0.200. The predicted octanol–water partition coefficient (Wildman–Crippen LogP) is -0.585. The van der Waals surface area contributed by atoms with E-state index in [1.807, 2.05) is 13.8 Å². The van der Waals surface area contributed by atoms with Gasteiger partial charge < -0.3 is 9.47 Å². The van der Waals surface area contributed by atoms with Crippen molar-refractivity contribution in [2.45, 2.75) is 20.4 Å². The van der Waals surface area contributed by atoms with Crippen molar-refractivity contribution in [3.05, 3.63) is 33.1 Å². The lowest BCUT2D eigenvalue weighted by Crippen LogP contribution is -2.43. The van der Waals surface area contributed by atoms with Crippen molar-refractivity contribution >= 4 is 5.91 Å². The van der Waals surface area contributed by atoms with Gasteiger partial charge in [-0.15, -0.1) is 0 Å². The molecule has 1 aromatic heterocycles. The van der Waals surface area contributed by atoms with Crippen LogP contribution in [0.4, 0.5) is 0 Å². The van der Waals surface area contributed by atoms with E-state index in [0.29, 0.717) is 13.1 Å². The molecule has 0 fully saturated rings. The first-order valence-corrected chi connectivity index (χ1v) is 5.55. The Labute approximate surface area is 99.1 Å². The van der Waals surface area contributed by atoms with E-state index >= 15 is 0 Å². The Kier molecular flexibility index (Phi) is 4.25. The summed E-state index contributed by atoms with van der Waals surface area (Å²) in [5.41, 5.74) is -0.924. The Hall–Kier alpha value is -1.85. The van der Waals surface area contributed by atoms with Crippen molar-refractivity contribution < 1.29 is 4.79 Å². The molecule has 0 atom stereocenters. The van der Waals surface area contributed by atoms with Crippen LogP contribution in [0.5, 0.6) is 0 Å². The van der Waals surface area contributed by atoms with E-state index in [-0.39, 0.29) is 12.5 Å². The van der Waals surface area contributed by atoms with Gasteiger partial charge in [0, 0.05) is 32.4 Å². The van der Waals surface area contributed by atoms with E-state index in [2.05, 4.69) is 0 Å². The summed E-state index contributed by atoms with van der Waals surface area (Å²) in [5, 5.41) is 0. The Morgan fingerprint density at radius 3 is 2.41 bits per heavy atom. The van der Waals surface area contributed by atoms with Gasteiger partial charge in [-0.3, -0.25) is 14.2 Å². The van der Waals surface area contributed by atoms with Crippen molar-refractivity contribution in [1.82, 2.24) is 14.0 Å². The maximum absolute atomic E-state index is 11.8. The normalized spacial score (nSPS) is 10.3. The number of likely N-dealkylation sites (N-methyl/N-ethyl adjacent to an activating group) is 1. The molecule has 0 aliphatic carbocycles. The van der Waals surface area contributed by atoms with Crippen LogP contribution in [0, 0.1) is 0 Å². The maximum Gasteiger partial charge on any atom is 0.331 e. The Bertz CT molecular complexity index is 511. The number of hydrogen-bond donors (Lipinski definition) is 0. The highest BCUT2D eigenvalue weighted by atomic mass is 16.2. The van der Waals surface area contributed by atoms with Crippen molar-refractivity contribution in [1.29, 1.82) is 0 Å². The summed E-state index contributed by atoms with van der Waals surface area (Å²) in [5.74, 6) is -0.222. The quantitative estimate of drug-likeness (QED) is 0.706. The maximum atomic E-state index is 11.8. The number of carbonyl (C=O) groups excluding carboxylic acids is 1. The molecule has 0 saturated carbocycles. The average molecular weight is 239 g/mol. The summed E-state index contributed by atoms with van der Waals surface area (Å²) in [6.07, 6.45) is 1.39. The third-order valence-electron chi connectivity index (χ3n) is 2.65. The molecule has 1 aromatic rings. The van der Waals surface area contributed by atoms with Gasteiger partial charge in [0.2, 0.25) is 5.91 Å². The molecular formula is C11H17N3O3. The highest BCUT2D eigenvalue weighted by Gasteiger charge is 2.13. The van der Waals surface area contributed by atoms with Crippen molar-refractivity contribution in [2.24, 2.45) is 7.05 Å². The number of amides is 1. The first-order chi connectivity index (χ1) is 8.01. The van der Waals surface area contributed by atoms with Crippen LogP contribution in [0.15, 0.2) is 21.9 Å². The van der Waals surface area contributed by atoms with Gasteiger partial charge in [-0.2, -0.15) is 0 Å². The van der Waals surface area contributed by atoms with Crippen LogP contribution in [-0.4, -0.2) is 33.0 Å². The number of hydrogen-bond acceptors (Lipinski definition) is 3. The minimum atomic E-state index is -0.474.